The summed E-state index contributed by atoms with van der Waals surface area (Å²) in [4.78, 5) is 26.6. The quantitative estimate of drug-likeness (QED) is 0.263. The molecule has 0 spiro atoms. The van der Waals surface area contributed by atoms with Gasteiger partial charge in [0.1, 0.15) is 4.90 Å². The Balaban J connectivity index is 1.55. The highest BCUT2D eigenvalue weighted by atomic mass is 35.5. The van der Waals surface area contributed by atoms with Crippen LogP contribution in [0.25, 0.3) is 6.08 Å². The summed E-state index contributed by atoms with van der Waals surface area (Å²) in [5, 5.41) is 0.439. The number of methoxy groups -OCH3 is 1. The van der Waals surface area contributed by atoms with Gasteiger partial charge in [-0.2, -0.15) is 8.42 Å². The molecule has 1 saturated heterocycles. The Morgan fingerprint density at radius 1 is 0.971 bits per heavy atom. The van der Waals surface area contributed by atoms with Crippen LogP contribution in [-0.2, 0) is 21.5 Å². The van der Waals surface area contributed by atoms with E-state index in [4.69, 9.17) is 32.1 Å². The molecule has 7 nitrogen and oxygen atoms in total. The molecule has 0 bridgehead atoms. The number of hydrogen-bond acceptors (Lipinski definition) is 7. The van der Waals surface area contributed by atoms with Crippen molar-refractivity contribution in [2.24, 2.45) is 0 Å². The van der Waals surface area contributed by atoms with Crippen molar-refractivity contribution in [2.45, 2.75) is 11.4 Å². The summed E-state index contributed by atoms with van der Waals surface area (Å²) in [6, 6.07) is 17.0. The number of halogens is 2. The first kappa shape index (κ1) is 25.1. The molecule has 0 atom stereocenters. The molecule has 0 aliphatic carbocycles. The van der Waals surface area contributed by atoms with Gasteiger partial charge in [0, 0.05) is 10.0 Å². The van der Waals surface area contributed by atoms with Gasteiger partial charge in [-0.05, 0) is 71.4 Å². The van der Waals surface area contributed by atoms with E-state index in [0.29, 0.717) is 21.2 Å². The molecular formula is C24H17Cl2NO6S2. The molecule has 4 rings (SSSR count). The fourth-order valence-electron chi connectivity index (χ4n) is 3.20. The topological polar surface area (TPSA) is 90.0 Å². The number of ether oxygens (including phenoxy) is 1. The maximum atomic E-state index is 12.9. The van der Waals surface area contributed by atoms with Gasteiger partial charge in [0.2, 0.25) is 0 Å². The molecule has 1 heterocycles. The molecule has 3 aromatic carbocycles. The third-order valence-electron chi connectivity index (χ3n) is 4.95. The lowest BCUT2D eigenvalue weighted by Crippen LogP contribution is -2.27. The van der Waals surface area contributed by atoms with Gasteiger partial charge < -0.3 is 8.92 Å². The lowest BCUT2D eigenvalue weighted by molar-refractivity contribution is -0.123. The molecule has 3 aromatic rings. The van der Waals surface area contributed by atoms with Crippen molar-refractivity contribution < 1.29 is 26.9 Å². The van der Waals surface area contributed by atoms with Crippen LogP contribution in [0.15, 0.2) is 76.5 Å². The predicted molar refractivity (Wildman–Crippen MR) is 135 cm³/mol. The first-order chi connectivity index (χ1) is 16.7. The second-order valence-corrected chi connectivity index (χ2v) is 10.6. The van der Waals surface area contributed by atoms with Gasteiger partial charge in [0.25, 0.3) is 11.1 Å². The van der Waals surface area contributed by atoms with Crippen molar-refractivity contribution in [3.63, 3.8) is 0 Å². The molecule has 1 aliphatic rings. The fraction of sp³-hybridized carbons (Fsp3) is 0.0833. The minimum Gasteiger partial charge on any atom is -0.493 e. The van der Waals surface area contributed by atoms with Gasteiger partial charge in [0.15, 0.2) is 11.5 Å². The van der Waals surface area contributed by atoms with Crippen LogP contribution in [0, 0.1) is 0 Å². The average Bonchev–Trinajstić information content (AvgIpc) is 3.08. The Hall–Kier alpha value is -2.98. The Morgan fingerprint density at radius 3 is 2.37 bits per heavy atom. The van der Waals surface area contributed by atoms with Gasteiger partial charge in [-0.15, -0.1) is 0 Å². The molecular weight excluding hydrogens is 533 g/mol. The van der Waals surface area contributed by atoms with E-state index >= 15 is 0 Å². The van der Waals surface area contributed by atoms with E-state index in [9.17, 15) is 18.0 Å². The van der Waals surface area contributed by atoms with Crippen LogP contribution in [0.3, 0.4) is 0 Å². The Labute approximate surface area is 216 Å². The van der Waals surface area contributed by atoms with Gasteiger partial charge in [-0.3, -0.25) is 14.5 Å². The van der Waals surface area contributed by atoms with E-state index < -0.39 is 21.3 Å². The zero-order chi connectivity index (χ0) is 25.2. The number of nitrogens with zero attached hydrogens (tertiary/aromatic N) is 1. The monoisotopic (exact) mass is 549 g/mol. The first-order valence-electron chi connectivity index (χ1n) is 10.0. The molecule has 1 aliphatic heterocycles. The van der Waals surface area contributed by atoms with E-state index in [1.165, 1.54) is 49.6 Å². The van der Waals surface area contributed by atoms with Gasteiger partial charge in [0.05, 0.1) is 18.6 Å². The highest BCUT2D eigenvalue weighted by Gasteiger charge is 2.35. The third kappa shape index (κ3) is 5.65. The van der Waals surface area contributed by atoms with Crippen LogP contribution < -0.4 is 8.92 Å². The summed E-state index contributed by atoms with van der Waals surface area (Å²) < 4.78 is 35.7. The number of amides is 2. The van der Waals surface area contributed by atoms with Gasteiger partial charge >= 0.3 is 10.1 Å². The zero-order valence-corrected chi connectivity index (χ0v) is 21.2. The smallest absolute Gasteiger partial charge is 0.339 e. The van der Waals surface area contributed by atoms with Crippen LogP contribution in [0.4, 0.5) is 4.79 Å². The van der Waals surface area contributed by atoms with Crippen LogP contribution >= 0.6 is 35.0 Å². The number of carbonyl (C=O) groups is 2. The molecule has 11 heteroatoms. The predicted octanol–water partition coefficient (Wildman–Crippen LogP) is 6.01. The van der Waals surface area contributed by atoms with Crippen molar-refractivity contribution in [3.8, 4) is 11.5 Å². The summed E-state index contributed by atoms with van der Waals surface area (Å²) in [5.41, 5.74) is 1.17. The van der Waals surface area contributed by atoms with Crippen molar-refractivity contribution in [2.75, 3.05) is 7.11 Å². The van der Waals surface area contributed by atoms with Crippen molar-refractivity contribution in [3.05, 3.63) is 92.8 Å². The Kier molecular flexibility index (Phi) is 7.42. The highest BCUT2D eigenvalue weighted by molar-refractivity contribution is 8.18. The summed E-state index contributed by atoms with van der Waals surface area (Å²) >= 11 is 12.8. The largest absolute Gasteiger partial charge is 0.493 e. The zero-order valence-electron chi connectivity index (χ0n) is 18.1. The third-order valence-corrected chi connectivity index (χ3v) is 7.72. The molecule has 0 saturated carbocycles. The van der Waals surface area contributed by atoms with Crippen LogP contribution in [-0.4, -0.2) is 31.6 Å². The number of carbonyl (C=O) groups excluding carboxylic acids is 2. The summed E-state index contributed by atoms with van der Waals surface area (Å²) in [5.74, 6) is -0.359. The maximum absolute atomic E-state index is 12.9. The summed E-state index contributed by atoms with van der Waals surface area (Å²) in [6.07, 6.45) is 1.53. The summed E-state index contributed by atoms with van der Waals surface area (Å²) in [6.45, 7) is 0.0559. The molecule has 0 unspecified atom stereocenters. The number of rotatable bonds is 7. The maximum Gasteiger partial charge on any atom is 0.339 e. The van der Waals surface area contributed by atoms with E-state index in [2.05, 4.69) is 0 Å². The molecule has 0 N–H and O–H groups in total. The lowest BCUT2D eigenvalue weighted by atomic mass is 10.1. The Morgan fingerprint density at radius 2 is 1.69 bits per heavy atom. The van der Waals surface area contributed by atoms with Crippen molar-refractivity contribution >= 4 is 62.3 Å². The first-order valence-corrected chi connectivity index (χ1v) is 13.0. The number of thioether (sulfide) groups is 1. The molecule has 1 fully saturated rings. The number of hydrogen-bond donors (Lipinski definition) is 0. The molecule has 0 radical (unpaired) electrons. The van der Waals surface area contributed by atoms with Crippen molar-refractivity contribution in [1.82, 2.24) is 4.90 Å². The second-order valence-electron chi connectivity index (χ2n) is 7.26. The van der Waals surface area contributed by atoms with Crippen LogP contribution in [0.5, 0.6) is 11.5 Å². The minimum absolute atomic E-state index is 0.0357. The van der Waals surface area contributed by atoms with Crippen LogP contribution in [0.2, 0.25) is 10.0 Å². The van der Waals surface area contributed by atoms with Gasteiger partial charge in [-0.1, -0.05) is 47.5 Å². The van der Waals surface area contributed by atoms with Gasteiger partial charge in [-0.25, -0.2) is 0 Å². The second kappa shape index (κ2) is 10.3. The average molecular weight is 550 g/mol. The van der Waals surface area contributed by atoms with E-state index in [0.717, 1.165) is 16.7 Å². The van der Waals surface area contributed by atoms with E-state index in [-0.39, 0.29) is 27.8 Å². The molecule has 35 heavy (non-hydrogen) atoms. The number of imide groups is 1. The van der Waals surface area contributed by atoms with Crippen LogP contribution in [0.1, 0.15) is 11.1 Å². The van der Waals surface area contributed by atoms with Crippen molar-refractivity contribution in [1.29, 1.82) is 0 Å². The lowest BCUT2D eigenvalue weighted by Gasteiger charge is -2.13. The fourth-order valence-corrected chi connectivity index (χ4v) is 5.29. The van der Waals surface area contributed by atoms with E-state index in [1.807, 2.05) is 0 Å². The summed E-state index contributed by atoms with van der Waals surface area (Å²) in [7, 11) is -2.77. The normalized spacial score (nSPS) is 15.1. The highest BCUT2D eigenvalue weighted by Crippen LogP contribution is 2.36. The van der Waals surface area contributed by atoms with E-state index in [1.54, 1.807) is 30.3 Å². The Bertz CT molecular complexity index is 1440. The molecule has 2 amide bonds. The number of benzene rings is 3. The minimum atomic E-state index is -4.13. The molecule has 180 valence electrons. The molecule has 0 aromatic heterocycles. The standard InChI is InChI=1S/C24H17Cl2NO6S2/c1-32-21-12-15(6-11-20(21)33-35(30,31)18-9-7-17(25)8-10-18)13-22-23(28)27(24(29)34-22)14-16-4-2-3-5-19(16)26/h2-13H,14H2,1H3/b22-13-. The SMILES string of the molecule is COc1cc(/C=C2\SC(=O)N(Cc3ccccc3Cl)C2=O)ccc1OS(=O)(=O)c1ccc(Cl)cc1.